The number of allylic oxidation sites excluding steroid dienone is 3. The largest absolute Gasteiger partial charge is 0.445 e. The van der Waals surface area contributed by atoms with Gasteiger partial charge in [0.1, 0.15) is 12.2 Å². The topological polar surface area (TPSA) is 49.8 Å². The number of nitrogens with zero attached hydrogens (tertiary/aromatic N) is 1. The van der Waals surface area contributed by atoms with Gasteiger partial charge in [0.05, 0.1) is 0 Å². The number of aliphatic hydroxyl groups is 1. The minimum absolute atomic E-state index is 0.0172. The number of piperidine rings is 1. The molecule has 1 N–H and O–H groups in total. The minimum atomic E-state index is -1.08. The van der Waals surface area contributed by atoms with Crippen LogP contribution in [0.3, 0.4) is 0 Å². The fourth-order valence-electron chi connectivity index (χ4n) is 4.54. The molecule has 0 atom stereocenters. The van der Waals surface area contributed by atoms with Crippen LogP contribution in [-0.2, 0) is 10.3 Å². The van der Waals surface area contributed by atoms with Crippen molar-refractivity contribution in [3.05, 3.63) is 95.1 Å². The Morgan fingerprint density at radius 2 is 1.52 bits per heavy atom. The smallest absolute Gasteiger partial charge is 0.410 e. The molecule has 1 aliphatic heterocycles. The predicted octanol–water partition coefficient (Wildman–Crippen LogP) is 6.46. The number of hydrogen-bond donors (Lipinski definition) is 1. The van der Waals surface area contributed by atoms with Crippen LogP contribution in [0.2, 0.25) is 0 Å². The molecule has 2 aromatic rings. The molecule has 0 saturated carbocycles. The van der Waals surface area contributed by atoms with E-state index in [1.54, 1.807) is 4.90 Å². The van der Waals surface area contributed by atoms with Gasteiger partial charge in [-0.3, -0.25) is 0 Å². The SMILES string of the molecule is CC(C)=CCCC(C)=CCOC(=O)N1CCC(C(O)(c2ccccc2)c2ccccc2)CC1. The zero-order valence-electron chi connectivity index (χ0n) is 20.2. The van der Waals surface area contributed by atoms with Gasteiger partial charge in [-0.25, -0.2) is 4.79 Å². The summed E-state index contributed by atoms with van der Waals surface area (Å²) in [7, 11) is 0. The van der Waals surface area contributed by atoms with E-state index in [9.17, 15) is 9.90 Å². The number of benzene rings is 2. The molecule has 33 heavy (non-hydrogen) atoms. The Bertz CT molecular complexity index is 898. The van der Waals surface area contributed by atoms with Gasteiger partial charge < -0.3 is 14.7 Å². The standard InChI is InChI=1S/C29H37NO3/c1-23(2)11-10-12-24(3)19-22-33-28(31)30-20-17-27(18-21-30)29(32,25-13-6-4-7-14-25)26-15-8-5-9-16-26/h4-9,11,13-16,19,27,32H,10,12,17-18,20-22H2,1-3H3. The lowest BCUT2D eigenvalue weighted by Gasteiger charge is -2.42. The molecular weight excluding hydrogens is 410 g/mol. The molecule has 0 spiro atoms. The van der Waals surface area contributed by atoms with E-state index >= 15 is 0 Å². The highest BCUT2D eigenvalue weighted by Crippen LogP contribution is 2.41. The molecule has 0 unspecified atom stereocenters. The van der Waals surface area contributed by atoms with Gasteiger partial charge in [0.25, 0.3) is 0 Å². The average Bonchev–Trinajstić information content (AvgIpc) is 2.84. The molecule has 2 aromatic carbocycles. The molecule has 3 rings (SSSR count). The van der Waals surface area contributed by atoms with Crippen LogP contribution < -0.4 is 0 Å². The summed E-state index contributed by atoms with van der Waals surface area (Å²) in [6.45, 7) is 7.74. The fraction of sp³-hybridized carbons (Fsp3) is 0.414. The van der Waals surface area contributed by atoms with E-state index in [0.717, 1.165) is 24.0 Å². The van der Waals surface area contributed by atoms with Gasteiger partial charge in [-0.15, -0.1) is 0 Å². The number of carbonyl (C=O) groups excluding carboxylic acids is 1. The van der Waals surface area contributed by atoms with Crippen molar-refractivity contribution in [1.29, 1.82) is 0 Å². The lowest BCUT2D eigenvalue weighted by molar-refractivity contribution is -0.0138. The second kappa shape index (κ2) is 11.9. The van der Waals surface area contributed by atoms with Crippen molar-refractivity contribution in [1.82, 2.24) is 4.90 Å². The summed E-state index contributed by atoms with van der Waals surface area (Å²) >= 11 is 0. The molecule has 1 saturated heterocycles. The first kappa shape index (κ1) is 24.8. The highest BCUT2D eigenvalue weighted by atomic mass is 16.6. The molecule has 4 nitrogen and oxygen atoms in total. The van der Waals surface area contributed by atoms with Gasteiger partial charge in [0.15, 0.2) is 0 Å². The maximum atomic E-state index is 12.6. The molecule has 0 aromatic heterocycles. The van der Waals surface area contributed by atoms with E-state index in [-0.39, 0.29) is 12.0 Å². The summed E-state index contributed by atoms with van der Waals surface area (Å²) in [4.78, 5) is 14.3. The third kappa shape index (κ3) is 6.58. The molecule has 0 radical (unpaired) electrons. The number of hydrogen-bond acceptors (Lipinski definition) is 3. The number of likely N-dealkylation sites (tertiary alicyclic amines) is 1. The highest BCUT2D eigenvalue weighted by molar-refractivity contribution is 5.67. The van der Waals surface area contributed by atoms with E-state index in [2.05, 4.69) is 26.8 Å². The monoisotopic (exact) mass is 447 g/mol. The summed E-state index contributed by atoms with van der Waals surface area (Å²) in [5, 5.41) is 12.0. The van der Waals surface area contributed by atoms with Gasteiger partial charge in [0, 0.05) is 13.1 Å². The summed E-state index contributed by atoms with van der Waals surface area (Å²) in [5.41, 5.74) is 3.26. The first-order chi connectivity index (χ1) is 15.9. The lowest BCUT2D eigenvalue weighted by Crippen LogP contribution is -2.46. The fourth-order valence-corrected chi connectivity index (χ4v) is 4.54. The Balaban J connectivity index is 1.58. The number of ether oxygens (including phenoxy) is 1. The van der Waals surface area contributed by atoms with E-state index < -0.39 is 5.60 Å². The Hall–Kier alpha value is -2.85. The zero-order chi connectivity index (χ0) is 23.7. The number of amides is 1. The molecule has 176 valence electrons. The lowest BCUT2D eigenvalue weighted by atomic mass is 9.72. The van der Waals surface area contributed by atoms with Crippen LogP contribution in [0, 0.1) is 5.92 Å². The van der Waals surface area contributed by atoms with Gasteiger partial charge in [-0.05, 0) is 69.6 Å². The molecule has 1 amide bonds. The quantitative estimate of drug-likeness (QED) is 0.472. The second-order valence-corrected chi connectivity index (χ2v) is 9.21. The van der Waals surface area contributed by atoms with Crippen molar-refractivity contribution < 1.29 is 14.6 Å². The van der Waals surface area contributed by atoms with Crippen molar-refractivity contribution in [3.63, 3.8) is 0 Å². The third-order valence-corrected chi connectivity index (χ3v) is 6.50. The molecule has 4 heteroatoms. The van der Waals surface area contributed by atoms with Crippen LogP contribution >= 0.6 is 0 Å². The molecule has 0 bridgehead atoms. The number of carbonyl (C=O) groups is 1. The van der Waals surface area contributed by atoms with Gasteiger partial charge in [0.2, 0.25) is 0 Å². The van der Waals surface area contributed by atoms with Crippen LogP contribution in [-0.4, -0.2) is 35.8 Å². The first-order valence-corrected chi connectivity index (χ1v) is 12.0. The predicted molar refractivity (Wildman–Crippen MR) is 134 cm³/mol. The van der Waals surface area contributed by atoms with Crippen LogP contribution in [0.4, 0.5) is 4.79 Å². The Morgan fingerprint density at radius 1 is 0.970 bits per heavy atom. The van der Waals surface area contributed by atoms with Gasteiger partial charge in [-0.2, -0.15) is 0 Å². The Labute approximate surface area is 198 Å². The van der Waals surface area contributed by atoms with Crippen molar-refractivity contribution >= 4 is 6.09 Å². The molecular formula is C29H37NO3. The van der Waals surface area contributed by atoms with Gasteiger partial charge >= 0.3 is 6.09 Å². The highest BCUT2D eigenvalue weighted by Gasteiger charge is 2.42. The molecule has 1 fully saturated rings. The zero-order valence-corrected chi connectivity index (χ0v) is 20.2. The summed E-state index contributed by atoms with van der Waals surface area (Å²) in [6.07, 6.45) is 7.36. The van der Waals surface area contributed by atoms with Crippen LogP contribution in [0.1, 0.15) is 57.6 Å². The van der Waals surface area contributed by atoms with E-state index in [1.807, 2.05) is 66.7 Å². The van der Waals surface area contributed by atoms with E-state index in [4.69, 9.17) is 4.74 Å². The Morgan fingerprint density at radius 3 is 2.03 bits per heavy atom. The van der Waals surface area contributed by atoms with Crippen molar-refractivity contribution in [2.45, 2.75) is 52.1 Å². The minimum Gasteiger partial charge on any atom is -0.445 e. The first-order valence-electron chi connectivity index (χ1n) is 12.0. The van der Waals surface area contributed by atoms with E-state index in [0.29, 0.717) is 32.5 Å². The summed E-state index contributed by atoms with van der Waals surface area (Å²) < 4.78 is 5.50. The second-order valence-electron chi connectivity index (χ2n) is 9.21. The average molecular weight is 448 g/mol. The number of rotatable bonds is 8. The van der Waals surface area contributed by atoms with Crippen LogP contribution in [0.5, 0.6) is 0 Å². The maximum Gasteiger partial charge on any atom is 0.410 e. The molecule has 1 heterocycles. The normalized spacial score (nSPS) is 15.3. The molecule has 0 aliphatic carbocycles. The van der Waals surface area contributed by atoms with Crippen molar-refractivity contribution in [3.8, 4) is 0 Å². The van der Waals surface area contributed by atoms with Crippen molar-refractivity contribution in [2.75, 3.05) is 19.7 Å². The van der Waals surface area contributed by atoms with Gasteiger partial charge in [-0.1, -0.05) is 77.9 Å². The maximum absolute atomic E-state index is 12.6. The van der Waals surface area contributed by atoms with Crippen LogP contribution in [0.25, 0.3) is 0 Å². The summed E-state index contributed by atoms with van der Waals surface area (Å²) in [6, 6.07) is 19.7. The Kier molecular flexibility index (Phi) is 8.90. The summed E-state index contributed by atoms with van der Waals surface area (Å²) in [5.74, 6) is 0.0172. The van der Waals surface area contributed by atoms with Crippen LogP contribution in [0.15, 0.2) is 84.0 Å². The van der Waals surface area contributed by atoms with E-state index in [1.165, 1.54) is 11.1 Å². The third-order valence-electron chi connectivity index (χ3n) is 6.50. The van der Waals surface area contributed by atoms with Crippen molar-refractivity contribution in [2.24, 2.45) is 5.92 Å². The molecule has 1 aliphatic rings.